The number of aromatic nitrogens is 4. The molecule has 0 spiro atoms. The Hall–Kier alpha value is -2.78. The molecule has 4 rings (SSSR count). The molecule has 27 heavy (non-hydrogen) atoms. The van der Waals surface area contributed by atoms with Crippen molar-refractivity contribution in [2.45, 2.75) is 6.54 Å². The first-order chi connectivity index (χ1) is 13.2. The first kappa shape index (κ1) is 17.6. The molecule has 1 fully saturated rings. The Balaban J connectivity index is 1.33. The summed E-state index contributed by atoms with van der Waals surface area (Å²) in [5, 5.41) is 9.16. The highest BCUT2D eigenvalue weighted by Gasteiger charge is 2.21. The van der Waals surface area contributed by atoms with Crippen LogP contribution in [0.1, 0.15) is 5.69 Å². The van der Waals surface area contributed by atoms with Gasteiger partial charge in [-0.25, -0.2) is 14.8 Å². The molecule has 0 atom stereocenters. The van der Waals surface area contributed by atoms with Crippen molar-refractivity contribution in [1.29, 1.82) is 0 Å². The maximum atomic E-state index is 12.6. The molecule has 0 aliphatic carbocycles. The number of rotatable bonds is 4. The van der Waals surface area contributed by atoms with E-state index in [1.54, 1.807) is 28.4 Å². The van der Waals surface area contributed by atoms with Gasteiger partial charge in [0.25, 0.3) is 0 Å². The van der Waals surface area contributed by atoms with E-state index in [9.17, 15) is 4.79 Å². The molecule has 2 amide bonds. The number of hydrogen-bond donors (Lipinski definition) is 1. The van der Waals surface area contributed by atoms with Crippen LogP contribution in [0.5, 0.6) is 0 Å². The van der Waals surface area contributed by atoms with Crippen LogP contribution >= 0.6 is 11.3 Å². The molecule has 0 radical (unpaired) electrons. The predicted molar refractivity (Wildman–Crippen MR) is 104 cm³/mol. The number of pyridine rings is 1. The van der Waals surface area contributed by atoms with E-state index in [2.05, 4.69) is 30.7 Å². The number of aryl methyl sites for hydroxylation is 1. The first-order valence-electron chi connectivity index (χ1n) is 8.78. The van der Waals surface area contributed by atoms with E-state index in [0.717, 1.165) is 36.5 Å². The first-order valence-corrected chi connectivity index (χ1v) is 9.72. The molecule has 3 aromatic rings. The number of nitrogens with one attached hydrogen (secondary N) is 1. The zero-order chi connectivity index (χ0) is 18.6. The summed E-state index contributed by atoms with van der Waals surface area (Å²) < 4.78 is 1.75. The van der Waals surface area contributed by atoms with Gasteiger partial charge in [-0.05, 0) is 17.7 Å². The zero-order valence-electron chi connectivity index (χ0n) is 15.1. The van der Waals surface area contributed by atoms with E-state index < -0.39 is 0 Å². The van der Waals surface area contributed by atoms with Crippen molar-refractivity contribution in [3.8, 4) is 11.1 Å². The van der Waals surface area contributed by atoms with Gasteiger partial charge >= 0.3 is 6.03 Å². The third kappa shape index (κ3) is 4.32. The van der Waals surface area contributed by atoms with Gasteiger partial charge in [0, 0.05) is 63.1 Å². The van der Waals surface area contributed by atoms with Gasteiger partial charge in [-0.3, -0.25) is 14.9 Å². The molecule has 1 N–H and O–H groups in total. The summed E-state index contributed by atoms with van der Waals surface area (Å²) in [6.45, 7) is 3.91. The molecule has 1 aliphatic heterocycles. The highest BCUT2D eigenvalue weighted by atomic mass is 32.1. The van der Waals surface area contributed by atoms with Crippen molar-refractivity contribution in [2.24, 2.45) is 7.05 Å². The van der Waals surface area contributed by atoms with Crippen LogP contribution in [0.2, 0.25) is 0 Å². The number of urea groups is 1. The van der Waals surface area contributed by atoms with Crippen LogP contribution < -0.4 is 5.32 Å². The summed E-state index contributed by atoms with van der Waals surface area (Å²) in [6.07, 6.45) is 5.43. The fourth-order valence-corrected chi connectivity index (χ4v) is 3.64. The van der Waals surface area contributed by atoms with E-state index in [1.807, 2.05) is 35.8 Å². The standard InChI is InChI=1S/C18H21N7OS/c1-23-10-15(9-21-23)14-2-3-19-17(8-14)22-18(26)25-6-4-24(5-7-25)11-16-12-27-13-20-16/h2-3,8-10,12-13H,4-7,11H2,1H3,(H,19,22,26). The van der Waals surface area contributed by atoms with Gasteiger partial charge in [0.2, 0.25) is 0 Å². The molecule has 4 heterocycles. The van der Waals surface area contributed by atoms with Crippen molar-refractivity contribution in [3.05, 3.63) is 47.3 Å². The van der Waals surface area contributed by atoms with E-state index in [1.165, 1.54) is 0 Å². The number of thiazole rings is 1. The van der Waals surface area contributed by atoms with E-state index in [4.69, 9.17) is 0 Å². The normalized spacial score (nSPS) is 15.1. The lowest BCUT2D eigenvalue weighted by Gasteiger charge is -2.34. The van der Waals surface area contributed by atoms with E-state index in [-0.39, 0.29) is 6.03 Å². The van der Waals surface area contributed by atoms with Crippen LogP contribution in [0.25, 0.3) is 11.1 Å². The zero-order valence-corrected chi connectivity index (χ0v) is 15.9. The molecule has 8 nitrogen and oxygen atoms in total. The summed E-state index contributed by atoms with van der Waals surface area (Å²) in [5.74, 6) is 0.547. The van der Waals surface area contributed by atoms with Crippen LogP contribution in [-0.4, -0.2) is 61.8 Å². The Morgan fingerprint density at radius 1 is 1.22 bits per heavy atom. The number of carbonyl (C=O) groups is 1. The van der Waals surface area contributed by atoms with Gasteiger partial charge in [0.15, 0.2) is 0 Å². The van der Waals surface area contributed by atoms with Gasteiger partial charge in [0.1, 0.15) is 5.82 Å². The minimum absolute atomic E-state index is 0.112. The summed E-state index contributed by atoms with van der Waals surface area (Å²) in [4.78, 5) is 25.3. The van der Waals surface area contributed by atoms with Gasteiger partial charge < -0.3 is 4.90 Å². The largest absolute Gasteiger partial charge is 0.323 e. The Morgan fingerprint density at radius 2 is 2.07 bits per heavy atom. The van der Waals surface area contributed by atoms with E-state index >= 15 is 0 Å². The number of hydrogen-bond acceptors (Lipinski definition) is 6. The molecular weight excluding hydrogens is 362 g/mol. The average Bonchev–Trinajstić information content (AvgIpc) is 3.34. The fraction of sp³-hybridized carbons (Fsp3) is 0.333. The molecule has 3 aromatic heterocycles. The smallest absolute Gasteiger partial charge is 0.322 e. The monoisotopic (exact) mass is 383 g/mol. The van der Waals surface area contributed by atoms with Crippen molar-refractivity contribution in [2.75, 3.05) is 31.5 Å². The van der Waals surface area contributed by atoms with Crippen LogP contribution in [-0.2, 0) is 13.6 Å². The van der Waals surface area contributed by atoms with Crippen molar-refractivity contribution in [3.63, 3.8) is 0 Å². The van der Waals surface area contributed by atoms with Crippen molar-refractivity contribution in [1.82, 2.24) is 29.5 Å². The molecule has 140 valence electrons. The molecule has 0 saturated carbocycles. The van der Waals surface area contributed by atoms with Crippen molar-refractivity contribution >= 4 is 23.2 Å². The lowest BCUT2D eigenvalue weighted by atomic mass is 10.1. The van der Waals surface area contributed by atoms with Gasteiger partial charge in [-0.2, -0.15) is 5.10 Å². The highest BCUT2D eigenvalue weighted by molar-refractivity contribution is 7.07. The van der Waals surface area contributed by atoms with Crippen molar-refractivity contribution < 1.29 is 4.79 Å². The summed E-state index contributed by atoms with van der Waals surface area (Å²) in [5.41, 5.74) is 4.91. The Bertz CT molecular complexity index is 900. The van der Waals surface area contributed by atoms with Gasteiger partial charge in [-0.15, -0.1) is 11.3 Å². The molecular formula is C18H21N7OS. The number of anilines is 1. The van der Waals surface area contributed by atoms with Gasteiger partial charge in [0.05, 0.1) is 17.4 Å². The topological polar surface area (TPSA) is 79.2 Å². The molecule has 0 bridgehead atoms. The number of amides is 2. The SMILES string of the molecule is Cn1cc(-c2ccnc(NC(=O)N3CCN(Cc4cscn4)CC3)c2)cn1. The van der Waals surface area contributed by atoms with Crippen LogP contribution in [0.4, 0.5) is 10.6 Å². The Kier molecular flexibility index (Phi) is 5.12. The van der Waals surface area contributed by atoms with Gasteiger partial charge in [-0.1, -0.05) is 0 Å². The second kappa shape index (κ2) is 7.85. The summed E-state index contributed by atoms with van der Waals surface area (Å²) in [7, 11) is 1.88. The molecule has 9 heteroatoms. The maximum Gasteiger partial charge on any atom is 0.323 e. The minimum atomic E-state index is -0.112. The number of nitrogens with zero attached hydrogens (tertiary/aromatic N) is 6. The maximum absolute atomic E-state index is 12.6. The second-order valence-corrected chi connectivity index (χ2v) is 7.22. The summed E-state index contributed by atoms with van der Waals surface area (Å²) in [6, 6.07) is 3.66. The molecule has 0 unspecified atom stereocenters. The average molecular weight is 383 g/mol. The second-order valence-electron chi connectivity index (χ2n) is 6.51. The van der Waals surface area contributed by atoms with E-state index in [0.29, 0.717) is 18.9 Å². The molecule has 0 aromatic carbocycles. The third-order valence-electron chi connectivity index (χ3n) is 4.56. The number of piperazine rings is 1. The Morgan fingerprint density at radius 3 is 2.78 bits per heavy atom. The predicted octanol–water partition coefficient (Wildman–Crippen LogP) is 2.29. The number of carbonyl (C=O) groups excluding carboxylic acids is 1. The van der Waals surface area contributed by atoms with Crippen LogP contribution in [0.15, 0.2) is 41.6 Å². The lowest BCUT2D eigenvalue weighted by molar-refractivity contribution is 0.142. The summed E-state index contributed by atoms with van der Waals surface area (Å²) >= 11 is 1.61. The lowest BCUT2D eigenvalue weighted by Crippen LogP contribution is -2.49. The highest BCUT2D eigenvalue weighted by Crippen LogP contribution is 2.20. The Labute approximate surface area is 161 Å². The quantitative estimate of drug-likeness (QED) is 0.748. The third-order valence-corrected chi connectivity index (χ3v) is 5.20. The minimum Gasteiger partial charge on any atom is -0.322 e. The fourth-order valence-electron chi connectivity index (χ4n) is 3.09. The molecule has 1 saturated heterocycles. The van der Waals surface area contributed by atoms with Crippen LogP contribution in [0.3, 0.4) is 0 Å². The molecule has 1 aliphatic rings. The van der Waals surface area contributed by atoms with Crippen LogP contribution in [0, 0.1) is 0 Å².